The Morgan fingerprint density at radius 1 is 1.09 bits per heavy atom. The monoisotopic (exact) mass is 315 g/mol. The van der Waals surface area contributed by atoms with Crippen LogP contribution in [0.4, 0.5) is 0 Å². The molecular formula is C19H22ClNO. The topological polar surface area (TPSA) is 12.5 Å². The minimum Gasteiger partial charge on any atom is -0.494 e. The van der Waals surface area contributed by atoms with E-state index in [0.29, 0.717) is 6.61 Å². The van der Waals surface area contributed by atoms with E-state index >= 15 is 0 Å². The molecule has 116 valence electrons. The van der Waals surface area contributed by atoms with Gasteiger partial charge in [0.05, 0.1) is 12.0 Å². The van der Waals surface area contributed by atoms with Crippen LogP contribution in [-0.2, 0) is 13.0 Å². The molecular weight excluding hydrogens is 294 g/mol. The summed E-state index contributed by atoms with van der Waals surface area (Å²) in [6, 6.07) is 16.8. The highest BCUT2D eigenvalue weighted by Gasteiger charge is 2.21. The lowest BCUT2D eigenvalue weighted by molar-refractivity contribution is 0.252. The Morgan fingerprint density at radius 2 is 1.82 bits per heavy atom. The van der Waals surface area contributed by atoms with E-state index in [2.05, 4.69) is 35.2 Å². The molecule has 0 radical (unpaired) electrons. The van der Waals surface area contributed by atoms with Crippen molar-refractivity contribution in [2.75, 3.05) is 19.7 Å². The standard InChI is InChI=1S/C19H22ClNO/c1-2-22-19-10-6-5-9-17(19)18(20)14-21-12-11-15-7-3-4-8-16(15)13-21/h3-10,18H,2,11-14H2,1H3. The maximum atomic E-state index is 6.69. The molecule has 1 atom stereocenters. The van der Waals surface area contributed by atoms with Gasteiger partial charge in [-0.2, -0.15) is 0 Å². The van der Waals surface area contributed by atoms with E-state index in [1.54, 1.807) is 0 Å². The van der Waals surface area contributed by atoms with Crippen LogP contribution in [0, 0.1) is 0 Å². The maximum absolute atomic E-state index is 6.69. The van der Waals surface area contributed by atoms with Crippen molar-refractivity contribution in [1.82, 2.24) is 4.90 Å². The predicted octanol–water partition coefficient (Wildman–Crippen LogP) is 4.42. The zero-order chi connectivity index (χ0) is 15.4. The molecule has 1 unspecified atom stereocenters. The summed E-state index contributed by atoms with van der Waals surface area (Å²) in [4.78, 5) is 2.43. The molecule has 0 saturated carbocycles. The first-order valence-corrected chi connectivity index (χ1v) is 8.36. The van der Waals surface area contributed by atoms with Gasteiger partial charge in [-0.3, -0.25) is 4.90 Å². The fourth-order valence-corrected chi connectivity index (χ4v) is 3.44. The van der Waals surface area contributed by atoms with Gasteiger partial charge in [0, 0.05) is 25.2 Å². The number of nitrogens with zero attached hydrogens (tertiary/aromatic N) is 1. The summed E-state index contributed by atoms with van der Waals surface area (Å²) in [5, 5.41) is -0.0481. The average Bonchev–Trinajstić information content (AvgIpc) is 2.55. The van der Waals surface area contributed by atoms with E-state index in [9.17, 15) is 0 Å². The molecule has 2 aromatic rings. The smallest absolute Gasteiger partial charge is 0.124 e. The van der Waals surface area contributed by atoms with Crippen LogP contribution in [0.1, 0.15) is 29.0 Å². The lowest BCUT2D eigenvalue weighted by Gasteiger charge is -2.30. The van der Waals surface area contributed by atoms with Gasteiger partial charge in [0.1, 0.15) is 5.75 Å². The highest BCUT2D eigenvalue weighted by molar-refractivity contribution is 6.21. The van der Waals surface area contributed by atoms with Crippen LogP contribution in [0.25, 0.3) is 0 Å². The van der Waals surface area contributed by atoms with Crippen molar-refractivity contribution in [2.24, 2.45) is 0 Å². The quantitative estimate of drug-likeness (QED) is 0.757. The summed E-state index contributed by atoms with van der Waals surface area (Å²) < 4.78 is 5.70. The first kappa shape index (κ1) is 15.4. The fourth-order valence-electron chi connectivity index (χ4n) is 3.06. The molecule has 0 amide bonds. The first-order chi connectivity index (χ1) is 10.8. The number of halogens is 1. The molecule has 0 bridgehead atoms. The molecule has 0 aliphatic carbocycles. The molecule has 3 rings (SSSR count). The molecule has 0 spiro atoms. The summed E-state index contributed by atoms with van der Waals surface area (Å²) in [6.07, 6.45) is 1.10. The van der Waals surface area contributed by atoms with Gasteiger partial charge in [-0.15, -0.1) is 11.6 Å². The summed E-state index contributed by atoms with van der Waals surface area (Å²) >= 11 is 6.69. The van der Waals surface area contributed by atoms with Crippen LogP contribution in [-0.4, -0.2) is 24.6 Å². The molecule has 0 saturated heterocycles. The van der Waals surface area contributed by atoms with E-state index in [0.717, 1.165) is 37.4 Å². The van der Waals surface area contributed by atoms with E-state index in [1.807, 2.05) is 25.1 Å². The fraction of sp³-hybridized carbons (Fsp3) is 0.368. The van der Waals surface area contributed by atoms with Crippen LogP contribution in [0.2, 0.25) is 0 Å². The average molecular weight is 316 g/mol. The van der Waals surface area contributed by atoms with Crippen LogP contribution >= 0.6 is 11.6 Å². The third-order valence-electron chi connectivity index (χ3n) is 4.18. The molecule has 22 heavy (non-hydrogen) atoms. The first-order valence-electron chi connectivity index (χ1n) is 7.93. The van der Waals surface area contributed by atoms with Gasteiger partial charge >= 0.3 is 0 Å². The van der Waals surface area contributed by atoms with Gasteiger partial charge in [0.2, 0.25) is 0 Å². The molecule has 2 nitrogen and oxygen atoms in total. The van der Waals surface area contributed by atoms with E-state index < -0.39 is 0 Å². The van der Waals surface area contributed by atoms with E-state index in [1.165, 1.54) is 11.1 Å². The number of benzene rings is 2. The lowest BCUT2D eigenvalue weighted by Crippen LogP contribution is -2.33. The van der Waals surface area contributed by atoms with Crippen molar-refractivity contribution < 1.29 is 4.74 Å². The van der Waals surface area contributed by atoms with Crippen LogP contribution in [0.3, 0.4) is 0 Å². The molecule has 0 aromatic heterocycles. The molecule has 0 fully saturated rings. The van der Waals surface area contributed by atoms with Crippen molar-refractivity contribution in [1.29, 1.82) is 0 Å². The van der Waals surface area contributed by atoms with E-state index in [4.69, 9.17) is 16.3 Å². The number of para-hydroxylation sites is 1. The third-order valence-corrected chi connectivity index (χ3v) is 4.56. The van der Waals surface area contributed by atoms with Crippen molar-refractivity contribution in [3.63, 3.8) is 0 Å². The number of hydrogen-bond donors (Lipinski definition) is 0. The van der Waals surface area contributed by atoms with Crippen LogP contribution < -0.4 is 4.74 Å². The predicted molar refractivity (Wildman–Crippen MR) is 91.6 cm³/mol. The Morgan fingerprint density at radius 3 is 2.64 bits per heavy atom. The van der Waals surface area contributed by atoms with Crippen LogP contribution in [0.15, 0.2) is 48.5 Å². The zero-order valence-electron chi connectivity index (χ0n) is 13.0. The van der Waals surface area contributed by atoms with Crippen molar-refractivity contribution in [3.8, 4) is 5.75 Å². The van der Waals surface area contributed by atoms with Crippen molar-refractivity contribution in [2.45, 2.75) is 25.3 Å². The Kier molecular flexibility index (Phi) is 5.01. The summed E-state index contributed by atoms with van der Waals surface area (Å²) in [6.45, 7) is 5.56. The van der Waals surface area contributed by atoms with E-state index in [-0.39, 0.29) is 5.38 Å². The second-order valence-corrected chi connectivity index (χ2v) is 6.22. The molecule has 1 aliphatic heterocycles. The van der Waals surface area contributed by atoms with Gasteiger partial charge in [-0.05, 0) is 30.5 Å². The molecule has 2 aromatic carbocycles. The number of ether oxygens (including phenoxy) is 1. The summed E-state index contributed by atoms with van der Waals surface area (Å²) in [5.41, 5.74) is 3.99. The second-order valence-electron chi connectivity index (χ2n) is 5.69. The van der Waals surface area contributed by atoms with Gasteiger partial charge in [-0.25, -0.2) is 0 Å². The highest BCUT2D eigenvalue weighted by atomic mass is 35.5. The number of fused-ring (bicyclic) bond motifs is 1. The summed E-state index contributed by atoms with van der Waals surface area (Å²) in [7, 11) is 0. The van der Waals surface area contributed by atoms with Crippen molar-refractivity contribution in [3.05, 3.63) is 65.2 Å². The normalized spacial score (nSPS) is 16.1. The Hall–Kier alpha value is -1.51. The highest BCUT2D eigenvalue weighted by Crippen LogP contribution is 2.31. The van der Waals surface area contributed by atoms with Crippen molar-refractivity contribution >= 4 is 11.6 Å². The van der Waals surface area contributed by atoms with Gasteiger partial charge in [0.15, 0.2) is 0 Å². The summed E-state index contributed by atoms with van der Waals surface area (Å²) in [5.74, 6) is 0.905. The zero-order valence-corrected chi connectivity index (χ0v) is 13.7. The Bertz CT molecular complexity index is 628. The lowest BCUT2D eigenvalue weighted by atomic mass is 9.99. The number of hydrogen-bond acceptors (Lipinski definition) is 2. The minimum absolute atomic E-state index is 0.0481. The number of rotatable bonds is 5. The molecule has 3 heteroatoms. The molecule has 1 aliphatic rings. The Balaban J connectivity index is 1.69. The van der Waals surface area contributed by atoms with Gasteiger partial charge in [-0.1, -0.05) is 42.5 Å². The second kappa shape index (κ2) is 7.17. The Labute approximate surface area is 137 Å². The minimum atomic E-state index is -0.0481. The molecule has 0 N–H and O–H groups in total. The largest absolute Gasteiger partial charge is 0.494 e. The third kappa shape index (κ3) is 3.45. The molecule has 1 heterocycles. The number of alkyl halides is 1. The SMILES string of the molecule is CCOc1ccccc1C(Cl)CN1CCc2ccccc2C1. The van der Waals surface area contributed by atoms with Gasteiger partial charge < -0.3 is 4.74 Å². The van der Waals surface area contributed by atoms with Crippen LogP contribution in [0.5, 0.6) is 5.75 Å². The maximum Gasteiger partial charge on any atom is 0.124 e. The van der Waals surface area contributed by atoms with Gasteiger partial charge in [0.25, 0.3) is 0 Å².